The van der Waals surface area contributed by atoms with Crippen molar-refractivity contribution < 1.29 is 16.8 Å². The van der Waals surface area contributed by atoms with Gasteiger partial charge >= 0.3 is 0 Å². The number of hydrogen-bond donors (Lipinski definition) is 1. The van der Waals surface area contributed by atoms with Gasteiger partial charge in [-0.15, -0.1) is 0 Å². The number of rotatable bonds is 6. The highest BCUT2D eigenvalue weighted by molar-refractivity contribution is 7.90. The maximum atomic E-state index is 13.6. The molecule has 200 valence electrons. The van der Waals surface area contributed by atoms with E-state index in [4.69, 9.17) is 5.14 Å². The van der Waals surface area contributed by atoms with Gasteiger partial charge in [-0.05, 0) is 92.7 Å². The van der Waals surface area contributed by atoms with Crippen molar-refractivity contribution in [3.8, 4) is 0 Å². The van der Waals surface area contributed by atoms with E-state index in [0.29, 0.717) is 12.1 Å². The van der Waals surface area contributed by atoms with Gasteiger partial charge in [-0.25, -0.2) is 25.9 Å². The molecule has 2 heterocycles. The van der Waals surface area contributed by atoms with Crippen molar-refractivity contribution in [2.24, 2.45) is 5.14 Å². The van der Waals surface area contributed by atoms with E-state index in [2.05, 4.69) is 17.9 Å². The fraction of sp³-hybridized carbons (Fsp3) is 0.310. The zero-order valence-corrected chi connectivity index (χ0v) is 23.5. The first-order chi connectivity index (χ1) is 18.0. The molecule has 4 aromatic rings. The van der Waals surface area contributed by atoms with Gasteiger partial charge in [0.15, 0.2) is 0 Å². The monoisotopic (exact) mass is 551 g/mol. The second kappa shape index (κ2) is 9.96. The first kappa shape index (κ1) is 26.6. The summed E-state index contributed by atoms with van der Waals surface area (Å²) in [6.07, 6.45) is 4.79. The quantitative estimate of drug-likeness (QED) is 0.356. The fourth-order valence-electron chi connectivity index (χ4n) is 5.61. The van der Waals surface area contributed by atoms with E-state index >= 15 is 0 Å². The molecule has 1 unspecified atom stereocenters. The summed E-state index contributed by atoms with van der Waals surface area (Å²) in [5, 5.41) is 6.23. The SMILES string of the molecule is Cc1ccc(S(=O)(=O)n2ccc3c(CN4CCCCC4c4ccc(S(N)(=O)=O)cc4)c(C)cc(C)c32)cc1. The Bertz CT molecular complexity index is 1710. The van der Waals surface area contributed by atoms with Crippen molar-refractivity contribution in [3.05, 3.63) is 94.7 Å². The molecule has 0 spiro atoms. The normalized spacial score (nSPS) is 17.2. The van der Waals surface area contributed by atoms with Crippen LogP contribution in [0, 0.1) is 20.8 Å². The Labute approximate surface area is 225 Å². The molecule has 9 heteroatoms. The van der Waals surface area contributed by atoms with Gasteiger partial charge in [-0.2, -0.15) is 0 Å². The molecule has 0 radical (unpaired) electrons. The smallest absolute Gasteiger partial charge is 0.268 e. The van der Waals surface area contributed by atoms with Crippen molar-refractivity contribution >= 4 is 30.9 Å². The molecular weight excluding hydrogens is 518 g/mol. The van der Waals surface area contributed by atoms with Gasteiger partial charge in [0, 0.05) is 24.2 Å². The molecule has 1 aromatic heterocycles. The summed E-state index contributed by atoms with van der Waals surface area (Å²) in [4.78, 5) is 2.79. The number of benzene rings is 3. The molecule has 1 aliphatic heterocycles. The number of primary sulfonamides is 1. The Morgan fingerprint density at radius 3 is 2.16 bits per heavy atom. The summed E-state index contributed by atoms with van der Waals surface area (Å²) in [5.74, 6) is 0. The van der Waals surface area contributed by atoms with Gasteiger partial charge < -0.3 is 0 Å². The summed E-state index contributed by atoms with van der Waals surface area (Å²) >= 11 is 0. The molecular formula is C29H33N3O4S2. The molecule has 5 rings (SSSR count). The number of nitrogens with two attached hydrogens (primary N) is 1. The third-order valence-electron chi connectivity index (χ3n) is 7.61. The van der Waals surface area contributed by atoms with Gasteiger partial charge in [0.2, 0.25) is 10.0 Å². The standard InChI is InChI=1S/C29H33N3O4S2/c1-20-7-11-25(12-8-20)38(35,36)32-17-15-26-27(21(2)18-22(3)29(26)32)19-31-16-5-4-6-28(31)23-9-13-24(14-10-23)37(30,33)34/h7-15,17-18,28H,4-6,16,19H2,1-3H3,(H2,30,33,34). The zero-order chi connectivity index (χ0) is 27.2. The van der Waals surface area contributed by atoms with Crippen molar-refractivity contribution in [1.29, 1.82) is 0 Å². The lowest BCUT2D eigenvalue weighted by molar-refractivity contribution is 0.140. The molecule has 2 N–H and O–H groups in total. The van der Waals surface area contributed by atoms with Crippen LogP contribution in [0.4, 0.5) is 0 Å². The Morgan fingerprint density at radius 1 is 0.842 bits per heavy atom. The Hall–Kier alpha value is -2.98. The topological polar surface area (TPSA) is 102 Å². The van der Waals surface area contributed by atoms with Crippen molar-refractivity contribution in [3.63, 3.8) is 0 Å². The molecule has 0 amide bonds. The molecule has 1 aliphatic rings. The van der Waals surface area contributed by atoms with Crippen molar-refractivity contribution in [2.45, 2.75) is 62.4 Å². The van der Waals surface area contributed by atoms with E-state index in [0.717, 1.165) is 59.0 Å². The van der Waals surface area contributed by atoms with Crippen molar-refractivity contribution in [1.82, 2.24) is 8.87 Å². The van der Waals surface area contributed by atoms with E-state index in [1.807, 2.05) is 44.2 Å². The third kappa shape index (κ3) is 4.91. The second-order valence-electron chi connectivity index (χ2n) is 10.3. The molecule has 38 heavy (non-hydrogen) atoms. The van der Waals surface area contributed by atoms with Crippen LogP contribution in [0.2, 0.25) is 0 Å². The van der Waals surface area contributed by atoms with Crippen LogP contribution >= 0.6 is 0 Å². The van der Waals surface area contributed by atoms with Crippen LogP contribution in [0.15, 0.2) is 76.7 Å². The molecule has 1 fully saturated rings. The summed E-state index contributed by atoms with van der Waals surface area (Å²) in [6.45, 7) is 7.53. The van der Waals surface area contributed by atoms with Crippen LogP contribution in [0.3, 0.4) is 0 Å². The number of likely N-dealkylation sites (tertiary alicyclic amines) is 1. The van der Waals surface area contributed by atoms with Crippen LogP contribution in [0.1, 0.15) is 53.1 Å². The Morgan fingerprint density at radius 2 is 1.50 bits per heavy atom. The lowest BCUT2D eigenvalue weighted by Crippen LogP contribution is -2.33. The molecule has 7 nitrogen and oxygen atoms in total. The minimum Gasteiger partial charge on any atom is -0.292 e. The molecule has 1 saturated heterocycles. The van der Waals surface area contributed by atoms with Crippen LogP contribution < -0.4 is 5.14 Å². The van der Waals surface area contributed by atoms with E-state index < -0.39 is 20.0 Å². The summed E-state index contributed by atoms with van der Waals surface area (Å²) in [6, 6.07) is 17.9. The van der Waals surface area contributed by atoms with E-state index in [-0.39, 0.29) is 15.8 Å². The molecule has 0 bridgehead atoms. The van der Waals surface area contributed by atoms with Gasteiger partial charge in [0.05, 0.1) is 15.3 Å². The number of hydrogen-bond acceptors (Lipinski definition) is 5. The highest BCUT2D eigenvalue weighted by Gasteiger charge is 2.27. The average Bonchev–Trinajstić information content (AvgIpc) is 3.33. The molecule has 0 saturated carbocycles. The molecule has 1 atom stereocenters. The maximum absolute atomic E-state index is 13.6. The number of aromatic nitrogens is 1. The van der Waals surface area contributed by atoms with Crippen LogP contribution in [-0.4, -0.2) is 32.3 Å². The zero-order valence-electron chi connectivity index (χ0n) is 21.9. The number of aryl methyl sites for hydroxylation is 3. The van der Waals surface area contributed by atoms with Crippen LogP contribution in [0.5, 0.6) is 0 Å². The highest BCUT2D eigenvalue weighted by Crippen LogP contribution is 2.36. The summed E-state index contributed by atoms with van der Waals surface area (Å²) in [7, 11) is -7.49. The molecule has 0 aliphatic carbocycles. The first-order valence-electron chi connectivity index (χ1n) is 12.8. The number of fused-ring (bicyclic) bond motifs is 1. The van der Waals surface area contributed by atoms with Gasteiger partial charge in [-0.3, -0.25) is 4.90 Å². The Balaban J connectivity index is 1.54. The largest absolute Gasteiger partial charge is 0.292 e. The number of piperidine rings is 1. The predicted molar refractivity (Wildman–Crippen MR) is 150 cm³/mol. The summed E-state index contributed by atoms with van der Waals surface area (Å²) < 4.78 is 52.0. The number of sulfonamides is 1. The van der Waals surface area contributed by atoms with E-state index in [1.165, 1.54) is 3.97 Å². The van der Waals surface area contributed by atoms with E-state index in [1.54, 1.807) is 30.5 Å². The third-order valence-corrected chi connectivity index (χ3v) is 10.2. The lowest BCUT2D eigenvalue weighted by atomic mass is 9.93. The predicted octanol–water partition coefficient (Wildman–Crippen LogP) is 5.18. The van der Waals surface area contributed by atoms with Crippen LogP contribution in [-0.2, 0) is 26.6 Å². The minimum absolute atomic E-state index is 0.107. The van der Waals surface area contributed by atoms with Crippen molar-refractivity contribution in [2.75, 3.05) is 6.54 Å². The van der Waals surface area contributed by atoms with Gasteiger partial charge in [0.1, 0.15) is 0 Å². The number of nitrogens with zero attached hydrogens (tertiary/aromatic N) is 2. The minimum atomic E-state index is -3.75. The fourth-order valence-corrected chi connectivity index (χ4v) is 7.54. The second-order valence-corrected chi connectivity index (χ2v) is 13.7. The molecule has 3 aromatic carbocycles. The Kier molecular flexibility index (Phi) is 6.98. The van der Waals surface area contributed by atoms with E-state index in [9.17, 15) is 16.8 Å². The average molecular weight is 552 g/mol. The summed E-state index contributed by atoms with van der Waals surface area (Å²) in [5.41, 5.74) is 5.90. The lowest BCUT2D eigenvalue weighted by Gasteiger charge is -2.36. The highest BCUT2D eigenvalue weighted by atomic mass is 32.2. The maximum Gasteiger partial charge on any atom is 0.268 e. The van der Waals surface area contributed by atoms with Gasteiger partial charge in [-0.1, -0.05) is 42.3 Å². The first-order valence-corrected chi connectivity index (χ1v) is 15.7. The van der Waals surface area contributed by atoms with Gasteiger partial charge in [0.25, 0.3) is 10.0 Å². The van der Waals surface area contributed by atoms with Crippen LogP contribution in [0.25, 0.3) is 10.9 Å².